The van der Waals surface area contributed by atoms with Crippen molar-refractivity contribution in [3.05, 3.63) is 23.8 Å². The van der Waals surface area contributed by atoms with Gasteiger partial charge in [-0.15, -0.1) is 0 Å². The van der Waals surface area contributed by atoms with Gasteiger partial charge in [0.15, 0.2) is 11.5 Å². The number of hydrogen-bond donors (Lipinski definition) is 2. The number of unbranched alkanes of at least 4 members (excludes halogenated alkanes) is 2. The normalized spacial score (nSPS) is 11.5. The number of oxime groups is 1. The maximum absolute atomic E-state index is 9.44. The Morgan fingerprint density at radius 1 is 1.24 bits per heavy atom. The first-order valence-electron chi connectivity index (χ1n) is 5.81. The molecule has 4 nitrogen and oxygen atoms in total. The average molecular weight is 237 g/mol. The first-order valence-corrected chi connectivity index (χ1v) is 5.81. The van der Waals surface area contributed by atoms with Crippen molar-refractivity contribution in [2.75, 3.05) is 7.11 Å². The summed E-state index contributed by atoms with van der Waals surface area (Å²) in [6.45, 7) is 2.14. The maximum atomic E-state index is 9.44. The number of phenolic OH excluding ortho intramolecular Hbond substituents is 2. The fraction of sp³-hybridized carbons (Fsp3) is 0.462. The number of aromatic hydroxyl groups is 2. The number of benzene rings is 1. The van der Waals surface area contributed by atoms with Crippen molar-refractivity contribution in [3.8, 4) is 11.5 Å². The molecule has 4 heteroatoms. The smallest absolute Gasteiger partial charge is 0.158 e. The minimum Gasteiger partial charge on any atom is -0.504 e. The van der Waals surface area contributed by atoms with Crippen LogP contribution in [0.25, 0.3) is 0 Å². The van der Waals surface area contributed by atoms with E-state index in [1.54, 1.807) is 6.07 Å². The van der Waals surface area contributed by atoms with Crippen LogP contribution in [-0.4, -0.2) is 23.0 Å². The lowest BCUT2D eigenvalue weighted by Crippen LogP contribution is -2.01. The van der Waals surface area contributed by atoms with Crippen molar-refractivity contribution in [1.82, 2.24) is 0 Å². The monoisotopic (exact) mass is 237 g/mol. The third kappa shape index (κ3) is 3.98. The molecule has 1 aromatic carbocycles. The zero-order chi connectivity index (χ0) is 12.7. The van der Waals surface area contributed by atoms with Gasteiger partial charge < -0.3 is 15.1 Å². The van der Waals surface area contributed by atoms with E-state index in [1.807, 2.05) is 0 Å². The molecule has 1 rings (SSSR count). The topological polar surface area (TPSA) is 62.0 Å². The first-order chi connectivity index (χ1) is 8.19. The number of nitrogens with zero attached hydrogens (tertiary/aromatic N) is 1. The molecular weight excluding hydrogens is 218 g/mol. The molecule has 0 aliphatic heterocycles. The van der Waals surface area contributed by atoms with Crippen molar-refractivity contribution >= 4 is 5.71 Å². The molecule has 0 aliphatic carbocycles. The van der Waals surface area contributed by atoms with Gasteiger partial charge in [0, 0.05) is 5.56 Å². The molecule has 1 aromatic rings. The summed E-state index contributed by atoms with van der Waals surface area (Å²) in [5.74, 6) is -0.263. The van der Waals surface area contributed by atoms with Gasteiger partial charge in [-0.3, -0.25) is 0 Å². The van der Waals surface area contributed by atoms with Crippen molar-refractivity contribution in [2.24, 2.45) is 5.16 Å². The highest BCUT2D eigenvalue weighted by Gasteiger charge is 2.07. The highest BCUT2D eigenvalue weighted by molar-refractivity contribution is 6.00. The highest BCUT2D eigenvalue weighted by atomic mass is 16.6. The third-order valence-electron chi connectivity index (χ3n) is 2.53. The van der Waals surface area contributed by atoms with Gasteiger partial charge in [0.25, 0.3) is 0 Å². The quantitative estimate of drug-likeness (QED) is 0.346. The molecular formula is C13H19NO3. The van der Waals surface area contributed by atoms with Gasteiger partial charge in [-0.2, -0.15) is 0 Å². The van der Waals surface area contributed by atoms with Gasteiger partial charge in [-0.1, -0.05) is 24.9 Å². The molecule has 0 amide bonds. The lowest BCUT2D eigenvalue weighted by atomic mass is 10.0. The second-order valence-corrected chi connectivity index (χ2v) is 3.88. The molecule has 0 saturated carbocycles. The predicted molar refractivity (Wildman–Crippen MR) is 67.5 cm³/mol. The van der Waals surface area contributed by atoms with Gasteiger partial charge in [0.1, 0.15) is 7.11 Å². The molecule has 2 N–H and O–H groups in total. The molecule has 94 valence electrons. The summed E-state index contributed by atoms with van der Waals surface area (Å²) in [5, 5.41) is 22.7. The van der Waals surface area contributed by atoms with E-state index in [0.29, 0.717) is 0 Å². The third-order valence-corrected chi connectivity index (χ3v) is 2.53. The Morgan fingerprint density at radius 3 is 2.59 bits per heavy atom. The van der Waals surface area contributed by atoms with E-state index in [-0.39, 0.29) is 11.5 Å². The summed E-state index contributed by atoms with van der Waals surface area (Å²) in [6, 6.07) is 4.67. The van der Waals surface area contributed by atoms with Crippen LogP contribution in [-0.2, 0) is 4.84 Å². The Morgan fingerprint density at radius 2 is 2.00 bits per heavy atom. The van der Waals surface area contributed by atoms with Crippen molar-refractivity contribution in [2.45, 2.75) is 32.6 Å². The molecule has 0 bridgehead atoms. The predicted octanol–water partition coefficient (Wildman–Crippen LogP) is 3.03. The van der Waals surface area contributed by atoms with Gasteiger partial charge in [0.2, 0.25) is 0 Å². The van der Waals surface area contributed by atoms with Gasteiger partial charge >= 0.3 is 0 Å². The minimum atomic E-state index is -0.137. The minimum absolute atomic E-state index is 0.126. The number of rotatable bonds is 6. The van der Waals surface area contributed by atoms with E-state index < -0.39 is 0 Å². The molecule has 0 saturated heterocycles. The summed E-state index contributed by atoms with van der Waals surface area (Å²) in [7, 11) is 1.50. The fourth-order valence-corrected chi connectivity index (χ4v) is 1.60. The van der Waals surface area contributed by atoms with E-state index in [1.165, 1.54) is 19.2 Å². The van der Waals surface area contributed by atoms with Crippen molar-refractivity contribution < 1.29 is 15.1 Å². The van der Waals surface area contributed by atoms with Crippen molar-refractivity contribution in [3.63, 3.8) is 0 Å². The zero-order valence-electron chi connectivity index (χ0n) is 10.3. The molecule has 0 unspecified atom stereocenters. The highest BCUT2D eigenvalue weighted by Crippen LogP contribution is 2.26. The molecule has 0 aliphatic rings. The van der Waals surface area contributed by atoms with Gasteiger partial charge in [0.05, 0.1) is 5.71 Å². The lowest BCUT2D eigenvalue weighted by Gasteiger charge is -2.07. The average Bonchev–Trinajstić information content (AvgIpc) is 2.32. The van der Waals surface area contributed by atoms with Crippen LogP contribution >= 0.6 is 0 Å². The molecule has 0 radical (unpaired) electrons. The molecule has 0 aromatic heterocycles. The van der Waals surface area contributed by atoms with Crippen LogP contribution in [0.5, 0.6) is 11.5 Å². The second-order valence-electron chi connectivity index (χ2n) is 3.88. The Balaban J connectivity index is 2.82. The molecule has 0 spiro atoms. The largest absolute Gasteiger partial charge is 0.504 e. The summed E-state index contributed by atoms with van der Waals surface area (Å²) >= 11 is 0. The Labute approximate surface area is 102 Å². The van der Waals surface area contributed by atoms with E-state index in [9.17, 15) is 10.2 Å². The van der Waals surface area contributed by atoms with Crippen LogP contribution in [0.4, 0.5) is 0 Å². The van der Waals surface area contributed by atoms with E-state index >= 15 is 0 Å². The summed E-state index contributed by atoms with van der Waals surface area (Å²) in [6.07, 6.45) is 4.10. The first kappa shape index (κ1) is 13.4. The van der Waals surface area contributed by atoms with Crippen LogP contribution in [0.15, 0.2) is 23.4 Å². The second kappa shape index (κ2) is 6.78. The molecule has 0 atom stereocenters. The van der Waals surface area contributed by atoms with Gasteiger partial charge in [-0.05, 0) is 31.0 Å². The van der Waals surface area contributed by atoms with E-state index in [0.717, 1.165) is 37.0 Å². The zero-order valence-corrected chi connectivity index (χ0v) is 10.3. The lowest BCUT2D eigenvalue weighted by molar-refractivity contribution is 0.212. The maximum Gasteiger partial charge on any atom is 0.158 e. The molecule has 17 heavy (non-hydrogen) atoms. The molecule has 0 heterocycles. The van der Waals surface area contributed by atoms with E-state index in [4.69, 9.17) is 4.84 Å². The van der Waals surface area contributed by atoms with E-state index in [2.05, 4.69) is 12.1 Å². The fourth-order valence-electron chi connectivity index (χ4n) is 1.60. The Kier molecular flexibility index (Phi) is 5.33. The summed E-state index contributed by atoms with van der Waals surface area (Å²) < 4.78 is 0. The van der Waals surface area contributed by atoms with Crippen molar-refractivity contribution in [1.29, 1.82) is 0 Å². The Bertz CT molecular complexity index is 388. The summed E-state index contributed by atoms with van der Waals surface area (Å²) in [5.41, 5.74) is 1.56. The molecule has 0 fully saturated rings. The van der Waals surface area contributed by atoms with Crippen LogP contribution in [0, 0.1) is 0 Å². The van der Waals surface area contributed by atoms with Gasteiger partial charge in [-0.25, -0.2) is 0 Å². The standard InChI is InChI=1S/C13H19NO3/c1-3-4-5-6-11(14-17-2)10-7-8-12(15)13(16)9-10/h7-9,15-16H,3-6H2,1-2H3/b14-11-. The van der Waals surface area contributed by atoms with Crippen LogP contribution in [0.1, 0.15) is 38.2 Å². The summed E-state index contributed by atoms with van der Waals surface area (Å²) in [4.78, 5) is 4.80. The Hall–Kier alpha value is -1.71. The number of hydrogen-bond acceptors (Lipinski definition) is 4. The number of phenols is 2. The van der Waals surface area contributed by atoms with Crippen LogP contribution < -0.4 is 0 Å². The van der Waals surface area contributed by atoms with Crippen LogP contribution in [0.3, 0.4) is 0 Å². The SMILES string of the molecule is CCCCC/C(=N/OC)c1ccc(O)c(O)c1. The van der Waals surface area contributed by atoms with Crippen LogP contribution in [0.2, 0.25) is 0 Å².